The molecule has 0 saturated carbocycles. The van der Waals surface area contributed by atoms with Crippen LogP contribution in [0.5, 0.6) is 11.5 Å². The summed E-state index contributed by atoms with van der Waals surface area (Å²) in [6.45, 7) is 33.2. The third-order valence-corrected chi connectivity index (χ3v) is 14.2. The van der Waals surface area contributed by atoms with Crippen LogP contribution in [0.15, 0.2) is 164 Å². The minimum atomic E-state index is -0.476. The number of imidazole rings is 1. The Morgan fingerprint density at radius 1 is 0.479 bits per heavy atom. The van der Waals surface area contributed by atoms with Crippen LogP contribution < -0.4 is 9.30 Å². The van der Waals surface area contributed by atoms with E-state index in [1.54, 1.807) is 0 Å². The monoisotopic (exact) mass is 966 g/mol. The maximum absolute atomic E-state index is 9.05. The highest BCUT2D eigenvalue weighted by molar-refractivity contribution is 6.09. The molecule has 0 aliphatic heterocycles. The van der Waals surface area contributed by atoms with E-state index in [0.717, 1.165) is 72.3 Å². The highest BCUT2D eigenvalue weighted by Crippen LogP contribution is 2.42. The lowest BCUT2D eigenvalue weighted by molar-refractivity contribution is -0.574. The van der Waals surface area contributed by atoms with Crippen LogP contribution in [0.1, 0.15) is 139 Å². The van der Waals surface area contributed by atoms with Gasteiger partial charge >= 0.3 is 0 Å². The number of hydrogen-bond donors (Lipinski definition) is 0. The molecule has 0 N–H and O–H groups in total. The molecule has 5 nitrogen and oxygen atoms in total. The van der Waals surface area contributed by atoms with Crippen molar-refractivity contribution in [1.29, 1.82) is 0 Å². The van der Waals surface area contributed by atoms with Crippen molar-refractivity contribution in [3.8, 4) is 50.9 Å². The molecule has 5 heteroatoms. The van der Waals surface area contributed by atoms with Crippen molar-refractivity contribution in [3.63, 3.8) is 0 Å². The number of hydrogen-bond acceptors (Lipinski definition) is 2. The predicted octanol–water partition coefficient (Wildman–Crippen LogP) is 17.8. The van der Waals surface area contributed by atoms with Crippen molar-refractivity contribution in [3.05, 3.63) is 198 Å². The Morgan fingerprint density at radius 3 is 1.74 bits per heavy atom. The highest BCUT2D eigenvalue weighted by atomic mass is 16.5. The van der Waals surface area contributed by atoms with Gasteiger partial charge in [0, 0.05) is 23.0 Å². The number of ether oxygens (including phenoxy) is 1. The maximum atomic E-state index is 9.05. The lowest BCUT2D eigenvalue weighted by Crippen LogP contribution is -2.37. The molecule has 0 aliphatic rings. The minimum Gasteiger partial charge on any atom is -0.458 e. The number of fused-ring (bicyclic) bond motifs is 4. The van der Waals surface area contributed by atoms with Crippen molar-refractivity contribution in [2.75, 3.05) is 0 Å². The van der Waals surface area contributed by atoms with Gasteiger partial charge in [0.05, 0.1) is 40.3 Å². The zero-order valence-electron chi connectivity index (χ0n) is 50.4. The average molecular weight is 966 g/mol. The quantitative estimate of drug-likeness (QED) is 0.118. The molecule has 0 saturated heterocycles. The molecule has 0 spiro atoms. The summed E-state index contributed by atoms with van der Waals surface area (Å²) in [7, 11) is 0. The van der Waals surface area contributed by atoms with Gasteiger partial charge in [-0.3, -0.25) is 13.7 Å². The molecule has 10 aromatic rings. The number of benzene rings is 7. The van der Waals surface area contributed by atoms with E-state index in [2.05, 4.69) is 221 Å². The fourth-order valence-corrected chi connectivity index (χ4v) is 9.95. The molecule has 370 valence electrons. The fourth-order valence-electron chi connectivity index (χ4n) is 9.95. The largest absolute Gasteiger partial charge is 0.458 e. The lowest BCUT2D eigenvalue weighted by atomic mass is 9.76. The first-order valence-electron chi connectivity index (χ1n) is 28.1. The molecule has 10 rings (SSSR count). The summed E-state index contributed by atoms with van der Waals surface area (Å²) in [6.07, 6.45) is 5.78. The van der Waals surface area contributed by atoms with Crippen molar-refractivity contribution in [1.82, 2.24) is 14.1 Å². The van der Waals surface area contributed by atoms with Crippen LogP contribution in [-0.4, -0.2) is 14.1 Å². The van der Waals surface area contributed by atoms with E-state index in [1.807, 2.05) is 36.5 Å². The van der Waals surface area contributed by atoms with E-state index in [9.17, 15) is 0 Å². The number of aromatic nitrogens is 4. The molecule has 73 heavy (non-hydrogen) atoms. The van der Waals surface area contributed by atoms with E-state index >= 15 is 0 Å². The molecule has 0 radical (unpaired) electrons. The fraction of sp³-hybridized carbons (Fsp3) is 0.294. The second kappa shape index (κ2) is 17.8. The molecule has 0 aliphatic carbocycles. The third kappa shape index (κ3) is 9.51. The van der Waals surface area contributed by atoms with Gasteiger partial charge < -0.3 is 4.74 Å². The van der Waals surface area contributed by atoms with Crippen LogP contribution in [0.3, 0.4) is 0 Å². The number of rotatable bonds is 7. The Bertz CT molecular complexity index is 3940. The minimum absolute atomic E-state index is 0.0575. The van der Waals surface area contributed by atoms with Crippen LogP contribution >= 0.6 is 0 Å². The normalized spacial score (nSPS) is 13.8. The summed E-state index contributed by atoms with van der Waals surface area (Å²) >= 11 is 0. The van der Waals surface area contributed by atoms with E-state index in [0.29, 0.717) is 17.1 Å². The van der Waals surface area contributed by atoms with Crippen molar-refractivity contribution in [2.24, 2.45) is 0 Å². The van der Waals surface area contributed by atoms with Crippen molar-refractivity contribution >= 4 is 32.8 Å². The van der Waals surface area contributed by atoms with Gasteiger partial charge in [-0.1, -0.05) is 201 Å². The first-order chi connectivity index (χ1) is 36.4. The zero-order chi connectivity index (χ0) is 56.3. The zero-order valence-corrected chi connectivity index (χ0v) is 45.4. The van der Waals surface area contributed by atoms with E-state index < -0.39 is 16.9 Å². The highest BCUT2D eigenvalue weighted by Gasteiger charge is 2.30. The average Bonchev–Trinajstić information content (AvgIpc) is 4.04. The third-order valence-electron chi connectivity index (χ3n) is 14.2. The van der Waals surface area contributed by atoms with Crippen LogP contribution in [-0.2, 0) is 27.1 Å². The predicted molar refractivity (Wildman–Crippen MR) is 307 cm³/mol. The molecule has 0 amide bonds. The van der Waals surface area contributed by atoms with Crippen molar-refractivity contribution in [2.45, 2.75) is 131 Å². The number of para-hydroxylation sites is 1. The van der Waals surface area contributed by atoms with Gasteiger partial charge in [0.15, 0.2) is 0 Å². The molecule has 0 atom stereocenters. The Kier molecular flexibility index (Phi) is 10.5. The first-order valence-corrected chi connectivity index (χ1v) is 25.6. The van der Waals surface area contributed by atoms with E-state index in [1.165, 1.54) is 16.7 Å². The van der Waals surface area contributed by atoms with Crippen LogP contribution in [0, 0.1) is 6.33 Å². The molecule has 3 aromatic heterocycles. The second-order valence-corrected chi connectivity index (χ2v) is 25.0. The van der Waals surface area contributed by atoms with E-state index in [4.69, 9.17) is 16.6 Å². The van der Waals surface area contributed by atoms with E-state index in [-0.39, 0.29) is 46.0 Å². The van der Waals surface area contributed by atoms with Gasteiger partial charge in [-0.25, -0.2) is 4.98 Å². The molecule has 0 unspecified atom stereocenters. The standard InChI is InChI=1S/C68H72N4O/c1-64(2,3)48-32-33-69-62(40-48)72-58-27-20-19-26-54(58)55-30-29-53(42-60(55)72)73-52-25-21-24-51(41-52)70-43-71(63-56(67(10,11)12)36-47(37-57(63)68(13,14)15)44-22-17-16-18-23-44)59-31-28-45(38-61(59)70)46-34-49(65(4,5)6)39-50(35-46)66(7,8)9/h16-42H,1-15H3/i16D,17D,18D,22D,23D. The summed E-state index contributed by atoms with van der Waals surface area (Å²) in [5.74, 6) is 2.19. The van der Waals surface area contributed by atoms with Gasteiger partial charge in [0.1, 0.15) is 17.3 Å². The summed E-state index contributed by atoms with van der Waals surface area (Å²) < 4.78 is 57.1. The molecule has 0 bridgehead atoms. The molecular weight excluding hydrogens is 889 g/mol. The molecule has 0 fully saturated rings. The summed E-state index contributed by atoms with van der Waals surface area (Å²) in [5, 5.41) is 2.25. The van der Waals surface area contributed by atoms with Crippen molar-refractivity contribution < 1.29 is 16.2 Å². The smallest absolute Gasteiger partial charge is 0.269 e. The number of nitrogens with zero attached hydrogens (tertiary/aromatic N) is 4. The Hall–Kier alpha value is -7.24. The van der Waals surface area contributed by atoms with Crippen LogP contribution in [0.2, 0.25) is 0 Å². The maximum Gasteiger partial charge on any atom is 0.269 e. The van der Waals surface area contributed by atoms with Crippen LogP contribution in [0.25, 0.3) is 72.3 Å². The molecule has 7 aromatic carbocycles. The molecular formula is C68H72N4O. The van der Waals surface area contributed by atoms with Gasteiger partial charge in [-0.15, -0.1) is 0 Å². The second-order valence-electron chi connectivity index (χ2n) is 25.0. The number of pyridine rings is 1. The molecule has 3 heterocycles. The van der Waals surface area contributed by atoms with Gasteiger partial charge in [0.2, 0.25) is 0 Å². The van der Waals surface area contributed by atoms with Gasteiger partial charge in [-0.05, 0) is 132 Å². The first kappa shape index (κ1) is 43.4. The van der Waals surface area contributed by atoms with Gasteiger partial charge in [-0.2, -0.15) is 0 Å². The summed E-state index contributed by atoms with van der Waals surface area (Å²) in [6, 6.07) is 43.3. The topological polar surface area (TPSA) is 35.9 Å². The van der Waals surface area contributed by atoms with Gasteiger partial charge in [0.25, 0.3) is 6.33 Å². The van der Waals surface area contributed by atoms with Crippen LogP contribution in [0.4, 0.5) is 0 Å². The summed E-state index contributed by atoms with van der Waals surface area (Å²) in [5.41, 5.74) is 13.1. The SMILES string of the molecule is [2H]c1c([2H])c([2H])c(-c2cc(C(C)(C)C)c(-[n+]3[c-]n(-c4cccc(Oc5ccc6c7ccccc7n(-c7cc(C(C)(C)C)ccn7)c6c5)c4)c4cc(-c5cc(C(C)(C)C)cc(C(C)(C)C)c5)ccc43)c(C(C)(C)C)c2)c([2H])c1[2H]. The Balaban J connectivity index is 1.19. The Morgan fingerprint density at radius 2 is 1.10 bits per heavy atom. The Labute approximate surface area is 441 Å². The summed E-state index contributed by atoms with van der Waals surface area (Å²) in [4.78, 5) is 4.91. The lowest BCUT2D eigenvalue weighted by Gasteiger charge is -2.32.